The number of nitrogens with zero attached hydrogens (tertiary/aromatic N) is 1. The first-order valence-electron chi connectivity index (χ1n) is 7.55. The topological polar surface area (TPSA) is 75.8 Å². The first-order valence-corrected chi connectivity index (χ1v) is 8.37. The second-order valence-electron chi connectivity index (χ2n) is 5.79. The van der Waals surface area contributed by atoms with Gasteiger partial charge in [-0.15, -0.1) is 23.7 Å². The first-order chi connectivity index (χ1) is 11.0. The van der Waals surface area contributed by atoms with Gasteiger partial charge in [-0.2, -0.15) is 0 Å². The van der Waals surface area contributed by atoms with E-state index in [1.54, 1.807) is 29.2 Å². The molecular weight excluding hydrogens is 348 g/mol. The highest BCUT2D eigenvalue weighted by Crippen LogP contribution is 2.39. The van der Waals surface area contributed by atoms with E-state index in [4.69, 9.17) is 10.5 Å². The van der Waals surface area contributed by atoms with Crippen molar-refractivity contribution in [1.29, 1.82) is 0 Å². The maximum Gasteiger partial charge on any atom is 0.239 e. The summed E-state index contributed by atoms with van der Waals surface area (Å²) in [6.07, 6.45) is 0. The molecule has 0 saturated heterocycles. The Hall–Kier alpha value is -1.76. The predicted octanol–water partition coefficient (Wildman–Crippen LogP) is 2.92. The van der Waals surface area contributed by atoms with Crippen LogP contribution in [0.25, 0.3) is 10.4 Å². The highest BCUT2D eigenvalue weighted by atomic mass is 35.5. The van der Waals surface area contributed by atoms with Gasteiger partial charge in [-0.05, 0) is 43.7 Å². The summed E-state index contributed by atoms with van der Waals surface area (Å²) in [6, 6.07) is 7.22. The van der Waals surface area contributed by atoms with Crippen molar-refractivity contribution in [2.75, 3.05) is 13.2 Å². The van der Waals surface area contributed by atoms with Crippen molar-refractivity contribution in [3.05, 3.63) is 34.7 Å². The van der Waals surface area contributed by atoms with Gasteiger partial charge in [0.15, 0.2) is 11.5 Å². The van der Waals surface area contributed by atoms with Crippen LogP contribution in [0.2, 0.25) is 0 Å². The quantitative estimate of drug-likeness (QED) is 0.854. The Balaban J connectivity index is 0.00000208. The molecule has 1 aromatic heterocycles. The number of hydrogen-bond donors (Lipinski definition) is 2. The van der Waals surface area contributed by atoms with E-state index in [-0.39, 0.29) is 24.1 Å². The van der Waals surface area contributed by atoms with Gasteiger partial charge in [0.05, 0.1) is 12.6 Å². The number of rotatable bonds is 2. The average Bonchev–Trinajstić information content (AvgIpc) is 2.81. The molecule has 0 saturated carbocycles. The van der Waals surface area contributed by atoms with Crippen LogP contribution in [0.1, 0.15) is 17.4 Å². The Labute approximate surface area is 151 Å². The largest absolute Gasteiger partial charge is 0.504 e. The van der Waals surface area contributed by atoms with Crippen LogP contribution in [0.15, 0.2) is 24.3 Å². The molecule has 130 valence electrons. The molecule has 2 aromatic rings. The molecule has 2 heterocycles. The number of hydrogen-bond acceptors (Lipinski definition) is 5. The number of amides is 1. The van der Waals surface area contributed by atoms with E-state index in [1.807, 2.05) is 25.1 Å². The summed E-state index contributed by atoms with van der Waals surface area (Å²) in [4.78, 5) is 16.2. The van der Waals surface area contributed by atoms with Gasteiger partial charge in [-0.1, -0.05) is 0 Å². The van der Waals surface area contributed by atoms with Crippen molar-refractivity contribution in [2.45, 2.75) is 26.4 Å². The number of fused-ring (bicyclic) bond motifs is 1. The SMILES string of the molecule is Cc1ccc(-c2cc(O)c3c(c2)CN(C(=O)[C@H](C)N)CCO3)s1.Cl. The number of aromatic hydroxyl groups is 1. The van der Waals surface area contributed by atoms with E-state index in [9.17, 15) is 9.90 Å². The van der Waals surface area contributed by atoms with Gasteiger partial charge < -0.3 is 20.5 Å². The van der Waals surface area contributed by atoms with Gasteiger partial charge in [-0.3, -0.25) is 4.79 Å². The summed E-state index contributed by atoms with van der Waals surface area (Å²) in [5, 5.41) is 10.3. The van der Waals surface area contributed by atoms with Crippen molar-refractivity contribution in [2.24, 2.45) is 5.73 Å². The highest BCUT2D eigenvalue weighted by Gasteiger charge is 2.24. The Bertz CT molecular complexity index is 745. The maximum absolute atomic E-state index is 12.2. The van der Waals surface area contributed by atoms with E-state index in [0.29, 0.717) is 25.4 Å². The zero-order valence-corrected chi connectivity index (χ0v) is 15.2. The smallest absolute Gasteiger partial charge is 0.239 e. The van der Waals surface area contributed by atoms with Crippen LogP contribution in [0.3, 0.4) is 0 Å². The summed E-state index contributed by atoms with van der Waals surface area (Å²) in [5.74, 6) is 0.457. The third-order valence-electron chi connectivity index (χ3n) is 3.84. The fourth-order valence-corrected chi connectivity index (χ4v) is 3.56. The molecule has 24 heavy (non-hydrogen) atoms. The van der Waals surface area contributed by atoms with Crippen molar-refractivity contribution < 1.29 is 14.6 Å². The number of benzene rings is 1. The fraction of sp³-hybridized carbons (Fsp3) is 0.353. The van der Waals surface area contributed by atoms with E-state index in [2.05, 4.69) is 0 Å². The third kappa shape index (κ3) is 3.66. The number of phenolic OH excluding ortho intramolecular Hbond substituents is 1. The van der Waals surface area contributed by atoms with Gasteiger partial charge in [0.1, 0.15) is 6.61 Å². The van der Waals surface area contributed by atoms with Gasteiger partial charge in [0, 0.05) is 21.9 Å². The van der Waals surface area contributed by atoms with Crippen LogP contribution >= 0.6 is 23.7 Å². The van der Waals surface area contributed by atoms with Crippen LogP contribution in [0.4, 0.5) is 0 Å². The number of carbonyl (C=O) groups excluding carboxylic acids is 1. The van der Waals surface area contributed by atoms with Gasteiger partial charge in [0.2, 0.25) is 5.91 Å². The van der Waals surface area contributed by atoms with Crippen LogP contribution in [0, 0.1) is 6.92 Å². The Morgan fingerprint density at radius 1 is 1.42 bits per heavy atom. The molecule has 3 N–H and O–H groups in total. The van der Waals surface area contributed by atoms with Crippen molar-refractivity contribution in [3.8, 4) is 21.9 Å². The summed E-state index contributed by atoms with van der Waals surface area (Å²) >= 11 is 1.66. The summed E-state index contributed by atoms with van der Waals surface area (Å²) in [7, 11) is 0. The van der Waals surface area contributed by atoms with Crippen LogP contribution in [0.5, 0.6) is 11.5 Å². The molecule has 5 nitrogen and oxygen atoms in total. The van der Waals surface area contributed by atoms with Crippen LogP contribution in [-0.2, 0) is 11.3 Å². The molecule has 0 unspecified atom stereocenters. The van der Waals surface area contributed by atoms with Crippen molar-refractivity contribution in [3.63, 3.8) is 0 Å². The molecule has 1 atom stereocenters. The first kappa shape index (κ1) is 18.6. The van der Waals surface area contributed by atoms with E-state index < -0.39 is 6.04 Å². The number of nitrogens with two attached hydrogens (primary N) is 1. The molecule has 0 bridgehead atoms. The van der Waals surface area contributed by atoms with Gasteiger partial charge in [-0.25, -0.2) is 0 Å². The van der Waals surface area contributed by atoms with Crippen molar-refractivity contribution >= 4 is 29.7 Å². The molecule has 0 fully saturated rings. The number of thiophene rings is 1. The summed E-state index contributed by atoms with van der Waals surface area (Å²) < 4.78 is 5.65. The number of ether oxygens (including phenoxy) is 1. The van der Waals surface area contributed by atoms with Gasteiger partial charge in [0.25, 0.3) is 0 Å². The number of carbonyl (C=O) groups is 1. The molecule has 1 aliphatic rings. The third-order valence-corrected chi connectivity index (χ3v) is 4.89. The zero-order valence-electron chi connectivity index (χ0n) is 13.6. The average molecular weight is 369 g/mol. The van der Waals surface area contributed by atoms with Gasteiger partial charge >= 0.3 is 0 Å². The lowest BCUT2D eigenvalue weighted by Gasteiger charge is -2.21. The minimum atomic E-state index is -0.548. The summed E-state index contributed by atoms with van der Waals surface area (Å²) in [6.45, 7) is 4.92. The number of halogens is 1. The zero-order chi connectivity index (χ0) is 16.6. The minimum Gasteiger partial charge on any atom is -0.504 e. The second-order valence-corrected chi connectivity index (χ2v) is 7.08. The fourth-order valence-electron chi connectivity index (χ4n) is 2.71. The van der Waals surface area contributed by atoms with Crippen LogP contribution < -0.4 is 10.5 Å². The lowest BCUT2D eigenvalue weighted by molar-refractivity contribution is -0.132. The van der Waals surface area contributed by atoms with Crippen molar-refractivity contribution in [1.82, 2.24) is 4.90 Å². The number of phenols is 1. The Kier molecular flexibility index (Phi) is 5.74. The second kappa shape index (κ2) is 7.42. The Morgan fingerprint density at radius 3 is 2.79 bits per heavy atom. The maximum atomic E-state index is 12.2. The minimum absolute atomic E-state index is 0. The van der Waals surface area contributed by atoms with E-state index >= 15 is 0 Å². The normalized spacial score (nSPS) is 14.9. The molecule has 0 aliphatic carbocycles. The lowest BCUT2D eigenvalue weighted by Crippen LogP contribution is -2.42. The lowest BCUT2D eigenvalue weighted by atomic mass is 10.1. The molecule has 0 radical (unpaired) electrons. The molecule has 0 spiro atoms. The van der Waals surface area contributed by atoms with E-state index in [0.717, 1.165) is 16.0 Å². The van der Waals surface area contributed by atoms with E-state index in [1.165, 1.54) is 4.88 Å². The molecule has 3 rings (SSSR count). The standard InChI is InChI=1S/C17H20N2O3S.ClH/c1-10-3-4-15(23-10)12-7-13-9-19(17(21)11(2)18)5-6-22-16(13)14(20)8-12;/h3-4,7-8,11,20H,5-6,9,18H2,1-2H3;1H/t11-;/m0./s1. The molecule has 7 heteroatoms. The monoisotopic (exact) mass is 368 g/mol. The molecule has 1 amide bonds. The van der Waals surface area contributed by atoms with Crippen LogP contribution in [-0.4, -0.2) is 35.1 Å². The predicted molar refractivity (Wildman–Crippen MR) is 98.0 cm³/mol. The number of aryl methyl sites for hydroxylation is 1. The molecule has 1 aliphatic heterocycles. The molecular formula is C17H21ClN2O3S. The highest BCUT2D eigenvalue weighted by molar-refractivity contribution is 7.15. The summed E-state index contributed by atoms with van der Waals surface area (Å²) in [5.41, 5.74) is 7.44. The molecule has 1 aromatic carbocycles. The Morgan fingerprint density at radius 2 is 2.17 bits per heavy atom.